The van der Waals surface area contributed by atoms with E-state index >= 15 is 0 Å². The molecule has 1 rings (SSSR count). The van der Waals surface area contributed by atoms with E-state index in [2.05, 4.69) is 20.1 Å². The van der Waals surface area contributed by atoms with Gasteiger partial charge in [-0.25, -0.2) is 9.78 Å². The summed E-state index contributed by atoms with van der Waals surface area (Å²) in [5.41, 5.74) is 8.15. The summed E-state index contributed by atoms with van der Waals surface area (Å²) in [6, 6.07) is -1.36. The maximum Gasteiger partial charge on any atom is 0.326 e. The number of amides is 1. The topological polar surface area (TPSA) is 169 Å². The van der Waals surface area contributed by atoms with Gasteiger partial charge in [-0.05, 0) is 6.42 Å². The second kappa shape index (κ2) is 7.68. The van der Waals surface area contributed by atoms with Gasteiger partial charge in [-0.2, -0.15) is 4.79 Å². The van der Waals surface area contributed by atoms with Crippen LogP contribution >= 0.6 is 0 Å². The maximum absolute atomic E-state index is 11.7. The number of imidazole rings is 1. The molecule has 0 aromatic carbocycles. The number of aliphatic hydroxyl groups is 1. The SMILES string of the molecule is [N-]=[N+]=CC(=O)CCC(NC(=O)C(O)c1ncc[nH]1)C(=O)O. The predicted molar refractivity (Wildman–Crippen MR) is 67.0 cm³/mol. The Balaban J connectivity index is 2.61. The van der Waals surface area contributed by atoms with Crippen molar-refractivity contribution in [3.05, 3.63) is 23.7 Å². The van der Waals surface area contributed by atoms with Gasteiger partial charge < -0.3 is 26.0 Å². The number of aromatic nitrogens is 2. The van der Waals surface area contributed by atoms with Crippen LogP contribution in [0.5, 0.6) is 0 Å². The van der Waals surface area contributed by atoms with E-state index in [1.807, 2.05) is 0 Å². The number of aliphatic carboxylic acids is 1. The van der Waals surface area contributed by atoms with Crippen LogP contribution < -0.4 is 5.32 Å². The third-order valence-electron chi connectivity index (χ3n) is 2.52. The lowest BCUT2D eigenvalue weighted by Gasteiger charge is -2.15. The Morgan fingerprint density at radius 3 is 2.76 bits per heavy atom. The van der Waals surface area contributed by atoms with E-state index in [0.29, 0.717) is 6.21 Å². The highest BCUT2D eigenvalue weighted by Crippen LogP contribution is 2.08. The smallest absolute Gasteiger partial charge is 0.326 e. The summed E-state index contributed by atoms with van der Waals surface area (Å²) in [5.74, 6) is -2.94. The van der Waals surface area contributed by atoms with Crippen LogP contribution in [0.25, 0.3) is 5.53 Å². The Bertz CT molecular complexity index is 564. The minimum absolute atomic E-state index is 0.0277. The van der Waals surface area contributed by atoms with Crippen LogP contribution in [0.1, 0.15) is 24.8 Å². The zero-order valence-corrected chi connectivity index (χ0v) is 10.8. The second-order valence-corrected chi connectivity index (χ2v) is 4.03. The molecule has 0 aliphatic heterocycles. The highest BCUT2D eigenvalue weighted by Gasteiger charge is 2.26. The highest BCUT2D eigenvalue weighted by atomic mass is 16.4. The molecule has 1 heterocycles. The molecule has 0 aliphatic rings. The first kappa shape index (κ1) is 16.2. The number of hydrogen-bond acceptors (Lipinski definition) is 5. The van der Waals surface area contributed by atoms with Crippen molar-refractivity contribution in [2.75, 3.05) is 0 Å². The summed E-state index contributed by atoms with van der Waals surface area (Å²) in [5, 5.41) is 20.7. The molecule has 2 unspecified atom stereocenters. The number of nitrogens with zero attached hydrogens (tertiary/aromatic N) is 3. The molecule has 0 aliphatic carbocycles. The fraction of sp³-hybridized carbons (Fsp3) is 0.364. The largest absolute Gasteiger partial charge is 0.480 e. The van der Waals surface area contributed by atoms with Crippen molar-refractivity contribution < 1.29 is 29.4 Å². The molecule has 10 nitrogen and oxygen atoms in total. The number of carboxylic acid groups (broad SMARTS) is 1. The molecule has 1 aromatic rings. The first-order valence-corrected chi connectivity index (χ1v) is 5.86. The lowest BCUT2D eigenvalue weighted by Crippen LogP contribution is -2.43. The number of rotatable bonds is 8. The quantitative estimate of drug-likeness (QED) is 0.263. The molecule has 1 amide bonds. The summed E-state index contributed by atoms with van der Waals surface area (Å²) in [6.07, 6.45) is 1.27. The number of hydrogen-bond donors (Lipinski definition) is 4. The monoisotopic (exact) mass is 295 g/mol. The minimum Gasteiger partial charge on any atom is -0.480 e. The zero-order chi connectivity index (χ0) is 15.8. The average molecular weight is 295 g/mol. The van der Waals surface area contributed by atoms with Gasteiger partial charge in [-0.3, -0.25) is 9.59 Å². The van der Waals surface area contributed by atoms with Crippen LogP contribution in [0, 0.1) is 0 Å². The number of ketones is 1. The van der Waals surface area contributed by atoms with Gasteiger partial charge in [-0.1, -0.05) is 0 Å². The molecule has 2 atom stereocenters. The lowest BCUT2D eigenvalue weighted by molar-refractivity contribution is -0.143. The average Bonchev–Trinajstić information content (AvgIpc) is 2.96. The Hall–Kier alpha value is -2.84. The Labute approximate surface area is 118 Å². The van der Waals surface area contributed by atoms with E-state index in [0.717, 1.165) is 0 Å². The van der Waals surface area contributed by atoms with Gasteiger partial charge in [0, 0.05) is 18.8 Å². The molecule has 4 N–H and O–H groups in total. The van der Waals surface area contributed by atoms with E-state index in [-0.39, 0.29) is 18.7 Å². The van der Waals surface area contributed by atoms with Crippen LogP contribution in [0.4, 0.5) is 0 Å². The number of nitrogens with one attached hydrogen (secondary N) is 2. The van der Waals surface area contributed by atoms with Crippen LogP contribution in [0.3, 0.4) is 0 Å². The van der Waals surface area contributed by atoms with Crippen molar-refractivity contribution in [3.8, 4) is 0 Å². The molecule has 112 valence electrons. The molecular formula is C11H13N5O5. The molecular weight excluding hydrogens is 282 g/mol. The van der Waals surface area contributed by atoms with Crippen molar-refractivity contribution >= 4 is 23.9 Å². The van der Waals surface area contributed by atoms with Crippen molar-refractivity contribution in [1.29, 1.82) is 0 Å². The van der Waals surface area contributed by atoms with Gasteiger partial charge in [0.05, 0.1) is 0 Å². The van der Waals surface area contributed by atoms with Crippen molar-refractivity contribution in [2.45, 2.75) is 25.0 Å². The fourth-order valence-corrected chi connectivity index (χ4v) is 1.47. The van der Waals surface area contributed by atoms with Crippen molar-refractivity contribution in [3.63, 3.8) is 0 Å². The molecule has 21 heavy (non-hydrogen) atoms. The Morgan fingerprint density at radius 2 is 2.24 bits per heavy atom. The summed E-state index contributed by atoms with van der Waals surface area (Å²) in [6.45, 7) is 0. The van der Waals surface area contributed by atoms with E-state index < -0.39 is 29.8 Å². The standard InChI is InChI=1S/C11H13N5O5/c12-15-5-6(17)1-2-7(11(20)21)16-10(19)8(18)9-13-3-4-14-9/h3-5,7-8,18H,1-2H2,(H,13,14)(H,16,19)(H,20,21). The maximum atomic E-state index is 11.7. The Kier molecular flexibility index (Phi) is 5.93. The third kappa shape index (κ3) is 4.97. The van der Waals surface area contributed by atoms with E-state index in [9.17, 15) is 19.5 Å². The van der Waals surface area contributed by atoms with Gasteiger partial charge in [0.15, 0.2) is 6.10 Å². The molecule has 0 fully saturated rings. The minimum atomic E-state index is -1.64. The Morgan fingerprint density at radius 1 is 1.52 bits per heavy atom. The molecule has 0 saturated heterocycles. The van der Waals surface area contributed by atoms with Gasteiger partial charge in [0.25, 0.3) is 5.91 Å². The fourth-order valence-electron chi connectivity index (χ4n) is 1.47. The van der Waals surface area contributed by atoms with Crippen molar-refractivity contribution in [2.24, 2.45) is 0 Å². The van der Waals surface area contributed by atoms with Gasteiger partial charge in [-0.15, -0.1) is 0 Å². The summed E-state index contributed by atoms with van der Waals surface area (Å²) < 4.78 is 0. The third-order valence-corrected chi connectivity index (χ3v) is 2.52. The van der Waals surface area contributed by atoms with Gasteiger partial charge in [0.2, 0.25) is 5.78 Å². The normalized spacial score (nSPS) is 12.8. The summed E-state index contributed by atoms with van der Waals surface area (Å²) in [4.78, 5) is 42.5. The predicted octanol–water partition coefficient (Wildman–Crippen LogP) is -1.34. The molecule has 0 radical (unpaired) electrons. The highest BCUT2D eigenvalue weighted by molar-refractivity contribution is 6.25. The van der Waals surface area contributed by atoms with Crippen LogP contribution in [-0.4, -0.2) is 54.9 Å². The second-order valence-electron chi connectivity index (χ2n) is 4.03. The number of carboxylic acids is 1. The van der Waals surface area contributed by atoms with Gasteiger partial charge >= 0.3 is 12.2 Å². The van der Waals surface area contributed by atoms with E-state index in [4.69, 9.17) is 10.6 Å². The molecule has 0 bridgehead atoms. The van der Waals surface area contributed by atoms with E-state index in [1.54, 1.807) is 0 Å². The number of aromatic amines is 1. The number of Topliss-reactive ketones (excluding diaryl/α,β-unsaturated/α-hetero) is 1. The zero-order valence-electron chi connectivity index (χ0n) is 10.8. The number of carbonyl (C=O) groups excluding carboxylic acids is 2. The molecule has 1 aromatic heterocycles. The van der Waals surface area contributed by atoms with E-state index in [1.165, 1.54) is 12.4 Å². The lowest BCUT2D eigenvalue weighted by atomic mass is 10.1. The van der Waals surface area contributed by atoms with Crippen LogP contribution in [0.2, 0.25) is 0 Å². The van der Waals surface area contributed by atoms with Crippen LogP contribution in [-0.2, 0) is 14.4 Å². The number of carbonyl (C=O) groups is 3. The van der Waals surface area contributed by atoms with Crippen molar-refractivity contribution in [1.82, 2.24) is 15.3 Å². The molecule has 10 heteroatoms. The summed E-state index contributed by atoms with van der Waals surface area (Å²) in [7, 11) is 0. The molecule has 0 saturated carbocycles. The van der Waals surface area contributed by atoms with Crippen LogP contribution in [0.15, 0.2) is 12.4 Å². The molecule has 0 spiro atoms. The first-order valence-electron chi connectivity index (χ1n) is 5.86. The van der Waals surface area contributed by atoms with Gasteiger partial charge in [0.1, 0.15) is 11.9 Å². The first-order chi connectivity index (χ1) is 9.95. The summed E-state index contributed by atoms with van der Waals surface area (Å²) >= 11 is 0. The number of H-pyrrole nitrogens is 1. The number of aliphatic hydroxyl groups excluding tert-OH is 1.